The van der Waals surface area contributed by atoms with Crippen LogP contribution in [0.25, 0.3) is 10.6 Å². The van der Waals surface area contributed by atoms with Crippen LogP contribution in [0.5, 0.6) is 5.75 Å². The van der Waals surface area contributed by atoms with Gasteiger partial charge in [-0.2, -0.15) is 0 Å². The molecule has 4 rings (SSSR count). The molecule has 0 saturated carbocycles. The Kier molecular flexibility index (Phi) is 4.12. The predicted molar refractivity (Wildman–Crippen MR) is 94.3 cm³/mol. The van der Waals surface area contributed by atoms with Crippen LogP contribution in [0.2, 0.25) is 0 Å². The molecule has 2 heterocycles. The highest BCUT2D eigenvalue weighted by molar-refractivity contribution is 8.07. The first-order valence-corrected chi connectivity index (χ1v) is 9.14. The molecule has 0 atom stereocenters. The summed E-state index contributed by atoms with van der Waals surface area (Å²) >= 11 is 1.66. The molecule has 1 aliphatic carbocycles. The molecule has 0 fully saturated rings. The summed E-state index contributed by atoms with van der Waals surface area (Å²) in [6.45, 7) is 1.67. The van der Waals surface area contributed by atoms with E-state index in [1.165, 1.54) is 16.4 Å². The average Bonchev–Trinajstić information content (AvgIpc) is 2.96. The van der Waals surface area contributed by atoms with Crippen LogP contribution >= 0.6 is 11.8 Å². The average molecular weight is 341 g/mol. The van der Waals surface area contributed by atoms with Gasteiger partial charge < -0.3 is 10.2 Å². The maximum atomic E-state index is 5.23. The Balaban J connectivity index is 1.68. The second-order valence-corrected chi connectivity index (χ2v) is 6.73. The number of ether oxygens (including phenoxy) is 1. The van der Waals surface area contributed by atoms with Crippen molar-refractivity contribution in [2.75, 3.05) is 19.9 Å². The topological polar surface area (TPSA) is 63.2 Å². The zero-order chi connectivity index (χ0) is 16.5. The molecule has 0 bridgehead atoms. The molecule has 0 spiro atoms. The van der Waals surface area contributed by atoms with Gasteiger partial charge in [0.25, 0.3) is 0 Å². The Labute approximate surface area is 144 Å². The zero-order valence-corrected chi connectivity index (χ0v) is 14.6. The number of nitrogens with one attached hydrogen (secondary N) is 1. The van der Waals surface area contributed by atoms with E-state index < -0.39 is 0 Å². The summed E-state index contributed by atoms with van der Waals surface area (Å²) in [5, 5.41) is 17.9. The Morgan fingerprint density at radius 3 is 2.79 bits per heavy atom. The first-order valence-electron chi connectivity index (χ1n) is 7.91. The molecule has 0 saturated heterocycles. The van der Waals surface area contributed by atoms with E-state index in [1.54, 1.807) is 18.9 Å². The lowest BCUT2D eigenvalue weighted by Crippen LogP contribution is -2.39. The fourth-order valence-corrected chi connectivity index (χ4v) is 3.83. The summed E-state index contributed by atoms with van der Waals surface area (Å²) in [6.07, 6.45) is 4.05. The molecule has 2 aliphatic rings. The van der Waals surface area contributed by atoms with Gasteiger partial charge in [-0.3, -0.25) is 0 Å². The van der Waals surface area contributed by atoms with E-state index in [2.05, 4.69) is 44.2 Å². The minimum atomic E-state index is 0.807. The molecule has 124 valence electrons. The van der Waals surface area contributed by atoms with Crippen molar-refractivity contribution in [2.45, 2.75) is 19.4 Å². The van der Waals surface area contributed by atoms with E-state index in [1.807, 2.05) is 12.1 Å². The second-order valence-electron chi connectivity index (χ2n) is 5.91. The summed E-state index contributed by atoms with van der Waals surface area (Å²) < 4.78 is 5.23. The van der Waals surface area contributed by atoms with Gasteiger partial charge in [0.15, 0.2) is 0 Å². The molecule has 2 aromatic rings. The standard InChI is InChI=1S/C17H19N5OS/c1-23-13-6-3-11(4-7-13)9-22-10-12-5-8-14-15(12)16(19-21-18-14)17(20-22)24-2/h3-4,6-7,20H,5,8-10H2,1-2H3. The molecular formula is C17H19N5OS. The number of methoxy groups -OCH3 is 1. The smallest absolute Gasteiger partial charge is 0.128 e. The maximum Gasteiger partial charge on any atom is 0.128 e. The minimum Gasteiger partial charge on any atom is -0.497 e. The van der Waals surface area contributed by atoms with Crippen LogP contribution in [0, 0.1) is 0 Å². The van der Waals surface area contributed by atoms with Crippen molar-refractivity contribution in [2.24, 2.45) is 0 Å². The van der Waals surface area contributed by atoms with Crippen LogP contribution < -0.4 is 20.7 Å². The lowest BCUT2D eigenvalue weighted by atomic mass is 10.2. The number of hydrogen-bond donors (Lipinski definition) is 1. The highest BCUT2D eigenvalue weighted by atomic mass is 32.2. The van der Waals surface area contributed by atoms with Crippen molar-refractivity contribution in [3.63, 3.8) is 0 Å². The quantitative estimate of drug-likeness (QED) is 0.865. The van der Waals surface area contributed by atoms with Crippen molar-refractivity contribution in [1.82, 2.24) is 25.8 Å². The fraction of sp³-hybridized carbons (Fsp3) is 0.353. The molecule has 1 aromatic carbocycles. The van der Waals surface area contributed by atoms with Crippen molar-refractivity contribution in [3.8, 4) is 5.75 Å². The highest BCUT2D eigenvalue weighted by Gasteiger charge is 2.23. The summed E-state index contributed by atoms with van der Waals surface area (Å²) in [6, 6.07) is 8.20. The van der Waals surface area contributed by atoms with Crippen LogP contribution in [0.4, 0.5) is 0 Å². The number of hydrazine groups is 1. The molecule has 1 N–H and O–H groups in total. The van der Waals surface area contributed by atoms with Gasteiger partial charge in [0.05, 0.1) is 12.8 Å². The SMILES string of the molecule is COc1ccc(CN2CC3=c4c(nnnc4=C(SC)N2)CC3)cc1. The fourth-order valence-electron chi connectivity index (χ4n) is 3.27. The molecular weight excluding hydrogens is 322 g/mol. The van der Waals surface area contributed by atoms with Gasteiger partial charge in [-0.05, 0) is 47.6 Å². The van der Waals surface area contributed by atoms with Gasteiger partial charge in [-0.1, -0.05) is 12.1 Å². The highest BCUT2D eigenvalue weighted by Crippen LogP contribution is 2.19. The van der Waals surface area contributed by atoms with Crippen LogP contribution in [-0.4, -0.2) is 40.3 Å². The van der Waals surface area contributed by atoms with E-state index in [-0.39, 0.29) is 0 Å². The first-order chi connectivity index (χ1) is 11.8. The van der Waals surface area contributed by atoms with Gasteiger partial charge in [-0.25, -0.2) is 5.01 Å². The van der Waals surface area contributed by atoms with Crippen LogP contribution in [0.3, 0.4) is 0 Å². The number of hydrogen-bond acceptors (Lipinski definition) is 7. The largest absolute Gasteiger partial charge is 0.497 e. The second kappa shape index (κ2) is 6.41. The summed E-state index contributed by atoms with van der Waals surface area (Å²) in [5.74, 6) is 0.877. The third kappa shape index (κ3) is 2.74. The third-order valence-corrected chi connectivity index (χ3v) is 5.14. The van der Waals surface area contributed by atoms with E-state index in [0.29, 0.717) is 0 Å². The van der Waals surface area contributed by atoms with Crippen LogP contribution in [-0.2, 0) is 13.0 Å². The minimum absolute atomic E-state index is 0.807. The van der Waals surface area contributed by atoms with Gasteiger partial charge in [0.1, 0.15) is 16.1 Å². The lowest BCUT2D eigenvalue weighted by molar-refractivity contribution is 0.251. The van der Waals surface area contributed by atoms with Gasteiger partial charge in [0, 0.05) is 18.3 Å². The molecule has 1 aliphatic heterocycles. The maximum absolute atomic E-state index is 5.23. The van der Waals surface area contributed by atoms with Crippen molar-refractivity contribution < 1.29 is 4.74 Å². The number of aryl methyl sites for hydroxylation is 1. The van der Waals surface area contributed by atoms with Gasteiger partial charge in [0.2, 0.25) is 0 Å². The normalized spacial score (nSPS) is 16.6. The van der Waals surface area contributed by atoms with Crippen molar-refractivity contribution >= 4 is 22.4 Å². The van der Waals surface area contributed by atoms with Gasteiger partial charge in [-0.15, -0.1) is 22.0 Å². The van der Waals surface area contributed by atoms with E-state index in [4.69, 9.17) is 4.74 Å². The number of thioether (sulfide) groups is 1. The Morgan fingerprint density at radius 2 is 2.04 bits per heavy atom. The van der Waals surface area contributed by atoms with E-state index in [9.17, 15) is 0 Å². The third-order valence-electron chi connectivity index (χ3n) is 4.45. The molecule has 0 unspecified atom stereocenters. The Hall–Kier alpha value is -2.12. The lowest BCUT2D eigenvalue weighted by Gasteiger charge is -2.24. The molecule has 6 nitrogen and oxygen atoms in total. The number of aromatic nitrogens is 3. The predicted octanol–water partition coefficient (Wildman–Crippen LogP) is 0.426. The van der Waals surface area contributed by atoms with Crippen molar-refractivity contribution in [1.29, 1.82) is 0 Å². The van der Waals surface area contributed by atoms with Crippen LogP contribution in [0.1, 0.15) is 17.7 Å². The molecule has 7 heteroatoms. The number of rotatable bonds is 4. The zero-order valence-electron chi connectivity index (χ0n) is 13.7. The van der Waals surface area contributed by atoms with Gasteiger partial charge >= 0.3 is 0 Å². The molecule has 0 amide bonds. The summed E-state index contributed by atoms with van der Waals surface area (Å²) in [7, 11) is 1.69. The van der Waals surface area contributed by atoms with Crippen molar-refractivity contribution in [3.05, 3.63) is 46.1 Å². The summed E-state index contributed by atoms with van der Waals surface area (Å²) in [4.78, 5) is 0. The number of benzene rings is 1. The first kappa shape index (κ1) is 15.4. The molecule has 1 aromatic heterocycles. The van der Waals surface area contributed by atoms with E-state index in [0.717, 1.165) is 47.8 Å². The Bertz CT molecular complexity index is 881. The number of nitrogens with zero attached hydrogens (tertiary/aromatic N) is 4. The molecule has 0 radical (unpaired) electrons. The molecule has 24 heavy (non-hydrogen) atoms. The monoisotopic (exact) mass is 341 g/mol. The Morgan fingerprint density at radius 1 is 1.21 bits per heavy atom. The summed E-state index contributed by atoms with van der Waals surface area (Å²) in [5.41, 5.74) is 7.23. The van der Waals surface area contributed by atoms with Crippen LogP contribution in [0.15, 0.2) is 24.3 Å². The van der Waals surface area contributed by atoms with E-state index >= 15 is 0 Å².